The molecule has 0 atom stereocenters. The Bertz CT molecular complexity index is 1460. The lowest BCUT2D eigenvalue weighted by molar-refractivity contribution is 0.0638. The maximum absolute atomic E-state index is 13.6. The van der Waals surface area contributed by atoms with Crippen molar-refractivity contribution in [1.29, 1.82) is 0 Å². The normalized spacial score (nSPS) is 16.0. The molecule has 2 N–H and O–H groups in total. The fourth-order valence-electron chi connectivity index (χ4n) is 5.75. The summed E-state index contributed by atoms with van der Waals surface area (Å²) in [6.07, 6.45) is 8.03. The molecule has 0 spiro atoms. The van der Waals surface area contributed by atoms with Crippen molar-refractivity contribution >= 4 is 17.6 Å². The van der Waals surface area contributed by atoms with Gasteiger partial charge in [-0.15, -0.1) is 0 Å². The van der Waals surface area contributed by atoms with E-state index < -0.39 is 0 Å². The number of benzene rings is 2. The van der Waals surface area contributed by atoms with Crippen LogP contribution in [-0.2, 0) is 6.54 Å². The van der Waals surface area contributed by atoms with Gasteiger partial charge in [-0.2, -0.15) is 5.10 Å². The lowest BCUT2D eigenvalue weighted by Gasteiger charge is -2.36. The zero-order valence-electron chi connectivity index (χ0n) is 23.1. The van der Waals surface area contributed by atoms with Crippen LogP contribution in [0.5, 0.6) is 0 Å². The molecular formula is C32H35N7O2. The summed E-state index contributed by atoms with van der Waals surface area (Å²) in [5.41, 5.74) is 4.64. The van der Waals surface area contributed by atoms with Gasteiger partial charge in [0.1, 0.15) is 0 Å². The molecular weight excluding hydrogens is 514 g/mol. The van der Waals surface area contributed by atoms with Gasteiger partial charge < -0.3 is 20.4 Å². The van der Waals surface area contributed by atoms with Crippen LogP contribution >= 0.6 is 0 Å². The number of amides is 3. The summed E-state index contributed by atoms with van der Waals surface area (Å²) >= 11 is 0. The highest BCUT2D eigenvalue weighted by molar-refractivity contribution is 5.94. The van der Waals surface area contributed by atoms with E-state index >= 15 is 0 Å². The second-order valence-corrected chi connectivity index (χ2v) is 10.7. The minimum Gasteiger partial charge on any atom is -0.337 e. The number of carbonyl (C=O) groups is 2. The molecule has 0 radical (unpaired) electrons. The lowest BCUT2D eigenvalue weighted by atomic mass is 10.0. The SMILES string of the molecule is O=C(NCc1cccnc1)Nc1ccc(-n2nc(C(=O)N3CCC(N4CCCC4)CC3)cc2-c2ccccc2)cc1. The number of aromatic nitrogens is 3. The van der Waals surface area contributed by atoms with Crippen LogP contribution < -0.4 is 10.6 Å². The Labute approximate surface area is 240 Å². The highest BCUT2D eigenvalue weighted by Crippen LogP contribution is 2.27. The third-order valence-corrected chi connectivity index (χ3v) is 7.95. The van der Waals surface area contributed by atoms with Gasteiger partial charge in [-0.1, -0.05) is 36.4 Å². The van der Waals surface area contributed by atoms with Gasteiger partial charge in [-0.3, -0.25) is 9.78 Å². The molecule has 0 unspecified atom stereocenters. The van der Waals surface area contributed by atoms with Crippen molar-refractivity contribution in [2.45, 2.75) is 38.3 Å². The smallest absolute Gasteiger partial charge is 0.319 e. The summed E-state index contributed by atoms with van der Waals surface area (Å²) in [7, 11) is 0. The summed E-state index contributed by atoms with van der Waals surface area (Å²) in [5.74, 6) is -0.0237. The van der Waals surface area contributed by atoms with Crippen molar-refractivity contribution in [1.82, 2.24) is 29.9 Å². The molecule has 9 heteroatoms. The van der Waals surface area contributed by atoms with Gasteiger partial charge in [0.25, 0.3) is 5.91 Å². The van der Waals surface area contributed by atoms with Gasteiger partial charge in [0.15, 0.2) is 5.69 Å². The van der Waals surface area contributed by atoms with Gasteiger partial charge >= 0.3 is 6.03 Å². The first-order chi connectivity index (χ1) is 20.1. The highest BCUT2D eigenvalue weighted by atomic mass is 16.2. The predicted octanol–water partition coefficient (Wildman–Crippen LogP) is 4.96. The first-order valence-electron chi connectivity index (χ1n) is 14.4. The number of nitrogens with one attached hydrogen (secondary N) is 2. The molecule has 0 saturated carbocycles. The summed E-state index contributed by atoms with van der Waals surface area (Å²) in [5, 5.41) is 10.5. The van der Waals surface area contributed by atoms with Crippen LogP contribution in [0.1, 0.15) is 41.7 Å². The highest BCUT2D eigenvalue weighted by Gasteiger charge is 2.30. The number of nitrogens with zero attached hydrogens (tertiary/aromatic N) is 5. The Hall–Kier alpha value is -4.50. The molecule has 2 aliphatic heterocycles. The average Bonchev–Trinajstić information content (AvgIpc) is 3.73. The number of hydrogen-bond donors (Lipinski definition) is 2. The second kappa shape index (κ2) is 12.3. The quantitative estimate of drug-likeness (QED) is 0.340. The Morgan fingerprint density at radius 2 is 1.63 bits per heavy atom. The van der Waals surface area contributed by atoms with Crippen LogP contribution in [-0.4, -0.2) is 68.7 Å². The molecule has 6 rings (SSSR count). The number of hydrogen-bond acceptors (Lipinski definition) is 5. The molecule has 2 aromatic heterocycles. The van der Waals surface area contributed by atoms with Gasteiger partial charge in [-0.05, 0) is 80.7 Å². The topological polar surface area (TPSA) is 95.4 Å². The number of rotatable bonds is 7. The van der Waals surface area contributed by atoms with Gasteiger partial charge in [0.05, 0.1) is 11.4 Å². The fourth-order valence-corrected chi connectivity index (χ4v) is 5.75. The van der Waals surface area contributed by atoms with Gasteiger partial charge in [0, 0.05) is 49.3 Å². The van der Waals surface area contributed by atoms with E-state index in [0.717, 1.165) is 48.4 Å². The number of carbonyl (C=O) groups excluding carboxylic acids is 2. The van der Waals surface area contributed by atoms with E-state index in [1.807, 2.05) is 82.4 Å². The van der Waals surface area contributed by atoms with Crippen molar-refractivity contribution in [3.8, 4) is 16.9 Å². The average molecular weight is 550 g/mol. The molecule has 4 heterocycles. The van der Waals surface area contributed by atoms with E-state index in [4.69, 9.17) is 5.10 Å². The van der Waals surface area contributed by atoms with Crippen LogP contribution in [0.2, 0.25) is 0 Å². The van der Waals surface area contributed by atoms with Crippen molar-refractivity contribution in [2.75, 3.05) is 31.5 Å². The molecule has 2 fully saturated rings. The first-order valence-corrected chi connectivity index (χ1v) is 14.4. The number of piperidine rings is 1. The van der Waals surface area contributed by atoms with E-state index in [9.17, 15) is 9.59 Å². The first kappa shape index (κ1) is 26.7. The van der Waals surface area contributed by atoms with Crippen molar-refractivity contribution < 1.29 is 9.59 Å². The molecule has 4 aromatic rings. The summed E-state index contributed by atoms with van der Waals surface area (Å²) in [6, 6.07) is 23.4. The fraction of sp³-hybridized carbons (Fsp3) is 0.312. The Morgan fingerprint density at radius 3 is 2.34 bits per heavy atom. The van der Waals surface area contributed by atoms with Crippen molar-refractivity contribution in [3.63, 3.8) is 0 Å². The molecule has 2 aliphatic rings. The van der Waals surface area contributed by atoms with Crippen LogP contribution in [0.4, 0.5) is 10.5 Å². The molecule has 2 saturated heterocycles. The minimum atomic E-state index is -0.299. The van der Waals surface area contributed by atoms with Gasteiger partial charge in [0.2, 0.25) is 0 Å². The number of pyridine rings is 1. The number of urea groups is 1. The third kappa shape index (κ3) is 6.30. The second-order valence-electron chi connectivity index (χ2n) is 10.7. The molecule has 2 aromatic carbocycles. The molecule has 41 heavy (non-hydrogen) atoms. The van der Waals surface area contributed by atoms with E-state index in [2.05, 4.69) is 20.5 Å². The van der Waals surface area contributed by atoms with E-state index in [0.29, 0.717) is 24.0 Å². The molecule has 9 nitrogen and oxygen atoms in total. The van der Waals surface area contributed by atoms with Gasteiger partial charge in [-0.25, -0.2) is 9.48 Å². The maximum Gasteiger partial charge on any atom is 0.319 e. The Morgan fingerprint density at radius 1 is 0.878 bits per heavy atom. The molecule has 0 aliphatic carbocycles. The van der Waals surface area contributed by atoms with Crippen molar-refractivity contribution in [2.24, 2.45) is 0 Å². The minimum absolute atomic E-state index is 0.0237. The molecule has 3 amide bonds. The van der Waals surface area contributed by atoms with E-state index in [1.54, 1.807) is 12.4 Å². The standard InChI is InChI=1S/C32H35N7O2/c40-31(38-19-14-27(15-20-38)37-17-4-5-18-37)29-21-30(25-8-2-1-3-9-25)39(36-29)28-12-10-26(11-13-28)35-32(41)34-23-24-7-6-16-33-22-24/h1-3,6-13,16,21-22,27H,4-5,14-15,17-20,23H2,(H2,34,35,41). The maximum atomic E-state index is 13.6. The summed E-state index contributed by atoms with van der Waals surface area (Å²) in [4.78, 5) is 34.6. The summed E-state index contributed by atoms with van der Waals surface area (Å²) in [6.45, 7) is 4.29. The molecule has 0 bridgehead atoms. The monoisotopic (exact) mass is 549 g/mol. The van der Waals surface area contributed by atoms with Crippen LogP contribution in [0.25, 0.3) is 16.9 Å². The van der Waals surface area contributed by atoms with Crippen LogP contribution in [0, 0.1) is 0 Å². The van der Waals surface area contributed by atoms with Crippen LogP contribution in [0.15, 0.2) is 85.2 Å². The van der Waals surface area contributed by atoms with Crippen molar-refractivity contribution in [3.05, 3.63) is 96.4 Å². The summed E-state index contributed by atoms with van der Waals surface area (Å²) < 4.78 is 1.81. The Kier molecular flexibility index (Phi) is 8.04. The predicted molar refractivity (Wildman–Crippen MR) is 159 cm³/mol. The zero-order chi connectivity index (χ0) is 28.0. The van der Waals surface area contributed by atoms with Crippen LogP contribution in [0.3, 0.4) is 0 Å². The number of anilines is 1. The van der Waals surface area contributed by atoms with E-state index in [-0.39, 0.29) is 11.9 Å². The van der Waals surface area contributed by atoms with E-state index in [1.165, 1.54) is 25.9 Å². The third-order valence-electron chi connectivity index (χ3n) is 7.95. The molecule has 210 valence electrons. The zero-order valence-corrected chi connectivity index (χ0v) is 23.1. The Balaban J connectivity index is 1.16. The largest absolute Gasteiger partial charge is 0.337 e. The number of likely N-dealkylation sites (tertiary alicyclic amines) is 2. The lowest BCUT2D eigenvalue weighted by Crippen LogP contribution is -2.46.